The van der Waals surface area contributed by atoms with Crippen molar-refractivity contribution in [2.45, 2.75) is 48.7 Å². The molecule has 3 heterocycles. The van der Waals surface area contributed by atoms with Crippen molar-refractivity contribution >= 4 is 38.7 Å². The van der Waals surface area contributed by atoms with Gasteiger partial charge in [0.15, 0.2) is 5.82 Å². The van der Waals surface area contributed by atoms with Crippen molar-refractivity contribution < 1.29 is 17.9 Å². The zero-order valence-electron chi connectivity index (χ0n) is 21.2. The Balaban J connectivity index is 1.59. The van der Waals surface area contributed by atoms with E-state index in [1.165, 1.54) is 11.3 Å². The summed E-state index contributed by atoms with van der Waals surface area (Å²) in [5.41, 5.74) is 2.57. The second-order valence-electron chi connectivity index (χ2n) is 9.45. The van der Waals surface area contributed by atoms with Crippen LogP contribution in [-0.4, -0.2) is 62.2 Å². The Morgan fingerprint density at radius 3 is 2.49 bits per heavy atom. The van der Waals surface area contributed by atoms with Crippen LogP contribution in [0.5, 0.6) is 0 Å². The summed E-state index contributed by atoms with van der Waals surface area (Å²) in [6.45, 7) is 7.56. The number of amides is 2. The molecular weight excluding hydrogens is 512 g/mol. The van der Waals surface area contributed by atoms with E-state index in [0.717, 1.165) is 16.1 Å². The number of nitrogens with one attached hydrogen (secondary N) is 2. The first-order valence-corrected chi connectivity index (χ1v) is 14.5. The summed E-state index contributed by atoms with van der Waals surface area (Å²) in [5, 5.41) is 5.25. The van der Waals surface area contributed by atoms with E-state index >= 15 is 0 Å². The maximum atomic E-state index is 13.9. The molecule has 0 spiro atoms. The van der Waals surface area contributed by atoms with Crippen molar-refractivity contribution in [2.75, 3.05) is 37.0 Å². The lowest BCUT2D eigenvalue weighted by Gasteiger charge is -2.34. The molecule has 1 saturated heterocycles. The van der Waals surface area contributed by atoms with E-state index in [4.69, 9.17) is 14.7 Å². The lowest BCUT2D eigenvalue weighted by molar-refractivity contribution is 0.0985. The average molecular weight is 543 g/mol. The van der Waals surface area contributed by atoms with Gasteiger partial charge in [0, 0.05) is 35.8 Å². The molecule has 2 amide bonds. The number of carbonyl (C=O) groups is 1. The Hall–Kier alpha value is -3.09. The number of anilines is 2. The lowest BCUT2D eigenvalue weighted by Crippen LogP contribution is -2.44. The van der Waals surface area contributed by atoms with Crippen LogP contribution in [0.25, 0.3) is 11.4 Å². The highest BCUT2D eigenvalue weighted by atomic mass is 32.2. The fourth-order valence-corrected chi connectivity index (χ4v) is 7.95. The van der Waals surface area contributed by atoms with E-state index in [-0.39, 0.29) is 16.4 Å². The Morgan fingerprint density at radius 2 is 1.89 bits per heavy atom. The van der Waals surface area contributed by atoms with Gasteiger partial charge < -0.3 is 20.3 Å². The molecule has 196 valence electrons. The Labute approximate surface area is 220 Å². The SMILES string of the molecule is CNC(=O)Nc1ccc(-c2nc(N3CCOC[C@@H]3C)cc(C3(S(=O)(=O)c4nc(C)c(C)s4)CC3)n2)cc1. The second kappa shape index (κ2) is 9.66. The number of urea groups is 1. The minimum atomic E-state index is -3.75. The molecule has 2 aliphatic rings. The number of carbonyl (C=O) groups excluding carboxylic acids is 1. The zero-order valence-corrected chi connectivity index (χ0v) is 22.9. The van der Waals surface area contributed by atoms with Gasteiger partial charge in [0.05, 0.1) is 30.6 Å². The van der Waals surface area contributed by atoms with Crippen molar-refractivity contribution in [3.8, 4) is 11.4 Å². The molecule has 1 saturated carbocycles. The van der Waals surface area contributed by atoms with E-state index in [9.17, 15) is 13.2 Å². The Bertz CT molecular complexity index is 1410. The number of ether oxygens (including phenoxy) is 1. The van der Waals surface area contributed by atoms with Crippen molar-refractivity contribution in [3.05, 3.63) is 46.6 Å². The van der Waals surface area contributed by atoms with Crippen LogP contribution < -0.4 is 15.5 Å². The fraction of sp³-hybridized carbons (Fsp3) is 0.440. The number of hydrogen-bond donors (Lipinski definition) is 2. The monoisotopic (exact) mass is 542 g/mol. The first-order valence-electron chi connectivity index (χ1n) is 12.2. The average Bonchev–Trinajstić information content (AvgIpc) is 3.65. The van der Waals surface area contributed by atoms with E-state index in [0.29, 0.717) is 55.6 Å². The van der Waals surface area contributed by atoms with Gasteiger partial charge >= 0.3 is 6.03 Å². The van der Waals surface area contributed by atoms with Gasteiger partial charge in [0.2, 0.25) is 14.2 Å². The summed E-state index contributed by atoms with van der Waals surface area (Å²) >= 11 is 1.22. The molecule has 0 radical (unpaired) electrons. The quantitative estimate of drug-likeness (QED) is 0.483. The first kappa shape index (κ1) is 25.6. The molecule has 37 heavy (non-hydrogen) atoms. The van der Waals surface area contributed by atoms with Crippen LogP contribution in [0, 0.1) is 13.8 Å². The van der Waals surface area contributed by atoms with Crippen LogP contribution in [0.1, 0.15) is 36.0 Å². The van der Waals surface area contributed by atoms with Gasteiger partial charge in [-0.3, -0.25) is 0 Å². The third kappa shape index (κ3) is 4.69. The predicted octanol–water partition coefficient (Wildman–Crippen LogP) is 3.66. The summed E-state index contributed by atoms with van der Waals surface area (Å²) in [4.78, 5) is 28.7. The normalized spacial score (nSPS) is 18.9. The third-order valence-electron chi connectivity index (χ3n) is 6.93. The third-order valence-corrected chi connectivity index (χ3v) is 10.9. The number of sulfone groups is 1. The van der Waals surface area contributed by atoms with E-state index in [1.54, 1.807) is 19.2 Å². The molecule has 0 bridgehead atoms. The molecular formula is C25H30N6O4S2. The van der Waals surface area contributed by atoms with Gasteiger partial charge in [-0.1, -0.05) is 0 Å². The number of rotatable bonds is 6. The summed E-state index contributed by atoms with van der Waals surface area (Å²) in [7, 11) is -2.20. The minimum absolute atomic E-state index is 0.0829. The molecule has 1 aromatic carbocycles. The highest BCUT2D eigenvalue weighted by molar-refractivity contribution is 7.94. The fourth-order valence-electron chi connectivity index (χ4n) is 4.41. The zero-order chi connectivity index (χ0) is 26.4. The number of nitrogens with zero attached hydrogens (tertiary/aromatic N) is 4. The van der Waals surface area contributed by atoms with Crippen molar-refractivity contribution in [1.82, 2.24) is 20.3 Å². The summed E-state index contributed by atoms with van der Waals surface area (Å²) in [5.74, 6) is 1.11. The number of benzene rings is 1. The minimum Gasteiger partial charge on any atom is -0.377 e. The maximum absolute atomic E-state index is 13.9. The number of thiazole rings is 1. The molecule has 5 rings (SSSR count). The van der Waals surface area contributed by atoms with Crippen molar-refractivity contribution in [2.24, 2.45) is 0 Å². The largest absolute Gasteiger partial charge is 0.377 e. The molecule has 2 N–H and O–H groups in total. The maximum Gasteiger partial charge on any atom is 0.318 e. The van der Waals surface area contributed by atoms with Crippen molar-refractivity contribution in [1.29, 1.82) is 0 Å². The summed E-state index contributed by atoms with van der Waals surface area (Å²) in [6, 6.07) is 8.76. The highest BCUT2D eigenvalue weighted by Crippen LogP contribution is 2.55. The molecule has 10 nitrogen and oxygen atoms in total. The van der Waals surface area contributed by atoms with Crippen molar-refractivity contribution in [3.63, 3.8) is 0 Å². The topological polar surface area (TPSA) is 126 Å². The molecule has 12 heteroatoms. The van der Waals surface area contributed by atoms with Crippen LogP contribution in [0.4, 0.5) is 16.3 Å². The lowest BCUT2D eigenvalue weighted by atomic mass is 10.1. The molecule has 0 unspecified atom stereocenters. The molecule has 1 atom stereocenters. The molecule has 2 aromatic heterocycles. The molecule has 1 aliphatic carbocycles. The van der Waals surface area contributed by atoms with Crippen LogP contribution in [0.2, 0.25) is 0 Å². The van der Waals surface area contributed by atoms with Crippen LogP contribution in [0.15, 0.2) is 34.7 Å². The van der Waals surface area contributed by atoms with Gasteiger partial charge in [-0.15, -0.1) is 11.3 Å². The van der Waals surface area contributed by atoms with Crippen LogP contribution >= 0.6 is 11.3 Å². The number of morpholine rings is 1. The van der Waals surface area contributed by atoms with E-state index < -0.39 is 14.6 Å². The van der Waals surface area contributed by atoms with Gasteiger partial charge in [-0.05, 0) is 57.9 Å². The Morgan fingerprint density at radius 1 is 1.16 bits per heavy atom. The standard InChI is InChI=1S/C25H30N6O4S2/c1-15-14-35-12-11-31(15)21-13-20(25(9-10-25)37(33,34)24-27-16(2)17(3)36-24)29-22(30-21)18-5-7-19(8-6-18)28-23(32)26-4/h5-8,13,15H,9-12,14H2,1-4H3,(H2,26,28,32)/t15-/m0/s1. The predicted molar refractivity (Wildman–Crippen MR) is 143 cm³/mol. The van der Waals surface area contributed by atoms with Gasteiger partial charge in [0.1, 0.15) is 10.6 Å². The number of aromatic nitrogens is 3. The smallest absolute Gasteiger partial charge is 0.318 e. The van der Waals surface area contributed by atoms with E-state index in [2.05, 4.69) is 27.4 Å². The highest BCUT2D eigenvalue weighted by Gasteiger charge is 2.59. The van der Waals surface area contributed by atoms with Gasteiger partial charge in [0.25, 0.3) is 0 Å². The van der Waals surface area contributed by atoms with E-state index in [1.807, 2.05) is 32.0 Å². The first-order chi connectivity index (χ1) is 17.6. The van der Waals surface area contributed by atoms with Crippen LogP contribution in [0.3, 0.4) is 0 Å². The molecule has 3 aromatic rings. The van der Waals surface area contributed by atoms with Gasteiger partial charge in [-0.25, -0.2) is 28.2 Å². The molecule has 1 aliphatic heterocycles. The number of hydrogen-bond acceptors (Lipinski definition) is 9. The van der Waals surface area contributed by atoms with Crippen LogP contribution in [-0.2, 0) is 19.3 Å². The number of aryl methyl sites for hydroxylation is 2. The summed E-state index contributed by atoms with van der Waals surface area (Å²) in [6.07, 6.45) is 0.965. The summed E-state index contributed by atoms with van der Waals surface area (Å²) < 4.78 is 32.4. The van der Waals surface area contributed by atoms with Gasteiger partial charge in [-0.2, -0.15) is 0 Å². The molecule has 2 fully saturated rings. The Kier molecular flexibility index (Phi) is 6.67. The second-order valence-corrected chi connectivity index (χ2v) is 13.1.